The van der Waals surface area contributed by atoms with Gasteiger partial charge in [0.05, 0.1) is 13.2 Å². The number of unbranched alkanes of at least 4 members (excludes halogenated alkanes) is 2. The lowest BCUT2D eigenvalue weighted by Gasteiger charge is -2.22. The maximum atomic E-state index is 12.1. The van der Waals surface area contributed by atoms with E-state index < -0.39 is 35.8 Å². The van der Waals surface area contributed by atoms with E-state index >= 15 is 0 Å². The van der Waals surface area contributed by atoms with Crippen LogP contribution in [-0.4, -0.2) is 72.3 Å². The van der Waals surface area contributed by atoms with Crippen LogP contribution in [0.4, 0.5) is 0 Å². The summed E-state index contributed by atoms with van der Waals surface area (Å²) in [7, 11) is 1.46. The van der Waals surface area contributed by atoms with Crippen molar-refractivity contribution >= 4 is 5.91 Å². The van der Waals surface area contributed by atoms with Gasteiger partial charge in [0.2, 0.25) is 5.91 Å². The Kier molecular flexibility index (Phi) is 10.2. The van der Waals surface area contributed by atoms with Gasteiger partial charge in [-0.2, -0.15) is 0 Å². The van der Waals surface area contributed by atoms with E-state index in [9.17, 15) is 19.5 Å². The van der Waals surface area contributed by atoms with E-state index in [-0.39, 0.29) is 25.7 Å². The number of carbonyl (C=O) groups is 1. The minimum Gasteiger partial charge on any atom is -0.387 e. The molecule has 1 aromatic rings. The van der Waals surface area contributed by atoms with E-state index in [1.807, 2.05) is 0 Å². The number of aliphatic hydroxyl groups excluding tert-OH is 1. The van der Waals surface area contributed by atoms with Crippen molar-refractivity contribution in [2.75, 3.05) is 33.4 Å². The normalized spacial score (nSPS) is 22.8. The summed E-state index contributed by atoms with van der Waals surface area (Å²) in [5.74, 6) is -0.138. The molecule has 0 saturated carbocycles. The van der Waals surface area contributed by atoms with Gasteiger partial charge < -0.3 is 24.6 Å². The van der Waals surface area contributed by atoms with Gasteiger partial charge in [0.1, 0.15) is 18.3 Å². The van der Waals surface area contributed by atoms with Crippen molar-refractivity contribution in [1.82, 2.24) is 14.9 Å². The van der Waals surface area contributed by atoms with Gasteiger partial charge in [0.25, 0.3) is 5.56 Å². The molecule has 1 aliphatic heterocycles. The number of nitrogens with one attached hydrogen (secondary N) is 2. The lowest BCUT2D eigenvalue weighted by atomic mass is 10.1. The fourth-order valence-electron chi connectivity index (χ4n) is 3.22. The number of rotatable bonds is 13. The Morgan fingerprint density at radius 2 is 2.23 bits per heavy atom. The smallest absolute Gasteiger partial charge is 0.330 e. The fraction of sp³-hybridized carbons (Fsp3) is 0.722. The third-order valence-corrected chi connectivity index (χ3v) is 4.73. The molecule has 0 aliphatic carbocycles. The second kappa shape index (κ2) is 12.9. The number of hydrogen-bond acceptors (Lipinski definition) is 8. The Labute approximate surface area is 177 Å². The van der Waals surface area contributed by atoms with Crippen molar-refractivity contribution in [3.8, 4) is 0 Å². The van der Waals surface area contributed by atoms with Crippen molar-refractivity contribution in [1.29, 1.82) is 0 Å². The number of amides is 1. The van der Waals surface area contributed by atoms with Gasteiger partial charge in [-0.05, 0) is 18.4 Å². The Bertz CT molecular complexity index is 865. The largest absolute Gasteiger partial charge is 0.387 e. The van der Waals surface area contributed by atoms with Crippen molar-refractivity contribution in [2.24, 2.45) is 5.11 Å². The summed E-state index contributed by atoms with van der Waals surface area (Å²) in [5.41, 5.74) is 6.96. The minimum absolute atomic E-state index is 0.0853. The first kappa shape index (κ1) is 24.6. The molecule has 13 heteroatoms. The van der Waals surface area contributed by atoms with Crippen LogP contribution in [0.2, 0.25) is 0 Å². The molecule has 2 rings (SSSR count). The molecule has 1 saturated heterocycles. The lowest BCUT2D eigenvalue weighted by molar-refractivity contribution is -0.122. The summed E-state index contributed by atoms with van der Waals surface area (Å²) in [6.07, 6.45) is 0.143. The number of aliphatic hydroxyl groups is 1. The first-order valence-electron chi connectivity index (χ1n) is 10.0. The number of H-pyrrole nitrogens is 1. The van der Waals surface area contributed by atoms with Crippen LogP contribution in [0.25, 0.3) is 10.4 Å². The van der Waals surface area contributed by atoms with Crippen LogP contribution in [0, 0.1) is 0 Å². The van der Waals surface area contributed by atoms with Gasteiger partial charge in [-0.25, -0.2) is 4.79 Å². The van der Waals surface area contributed by atoms with E-state index in [1.165, 1.54) is 19.4 Å². The van der Waals surface area contributed by atoms with Gasteiger partial charge in [-0.1, -0.05) is 11.5 Å². The van der Waals surface area contributed by atoms with Crippen molar-refractivity contribution < 1.29 is 24.1 Å². The molecule has 0 spiro atoms. The summed E-state index contributed by atoms with van der Waals surface area (Å²) in [4.78, 5) is 40.1. The first-order valence-corrected chi connectivity index (χ1v) is 10.0. The van der Waals surface area contributed by atoms with Crippen LogP contribution in [-0.2, 0) is 19.0 Å². The number of ether oxygens (including phenoxy) is 3. The molecule has 0 bridgehead atoms. The zero-order valence-corrected chi connectivity index (χ0v) is 17.3. The first-order chi connectivity index (χ1) is 15.0. The SMILES string of the molecule is COC[C@H]1O[C@@H](n2ccc(=O)[nH]c2=O)C(OCCNC(=O)CCCCCN=[N+]=[N-])[C@H]1O. The molecule has 3 N–H and O–H groups in total. The molecule has 0 radical (unpaired) electrons. The topological polar surface area (TPSA) is 181 Å². The number of hydrogen-bond donors (Lipinski definition) is 3. The molecule has 1 fully saturated rings. The highest BCUT2D eigenvalue weighted by Gasteiger charge is 2.45. The highest BCUT2D eigenvalue weighted by Crippen LogP contribution is 2.30. The predicted octanol–water partition coefficient (Wildman–Crippen LogP) is -0.187. The molecule has 2 heterocycles. The number of methoxy groups -OCH3 is 1. The highest BCUT2D eigenvalue weighted by molar-refractivity contribution is 5.75. The number of aromatic nitrogens is 2. The summed E-state index contributed by atoms with van der Waals surface area (Å²) in [5, 5.41) is 16.7. The summed E-state index contributed by atoms with van der Waals surface area (Å²) < 4.78 is 17.6. The molecule has 0 aromatic carbocycles. The van der Waals surface area contributed by atoms with E-state index in [0.29, 0.717) is 19.4 Å². The number of azide groups is 1. The molecule has 31 heavy (non-hydrogen) atoms. The van der Waals surface area contributed by atoms with Crippen LogP contribution < -0.4 is 16.6 Å². The van der Waals surface area contributed by atoms with Gasteiger partial charge in [-0.3, -0.25) is 19.1 Å². The Hall–Kier alpha value is -2.70. The van der Waals surface area contributed by atoms with E-state index in [0.717, 1.165) is 17.4 Å². The summed E-state index contributed by atoms with van der Waals surface area (Å²) in [6, 6.07) is 1.17. The molecular formula is C18H28N6O7. The second-order valence-electron chi connectivity index (χ2n) is 6.98. The Morgan fingerprint density at radius 3 is 2.94 bits per heavy atom. The molecule has 1 unspecified atom stereocenters. The molecular weight excluding hydrogens is 412 g/mol. The van der Waals surface area contributed by atoms with Crippen molar-refractivity contribution in [3.05, 3.63) is 43.5 Å². The summed E-state index contributed by atoms with van der Waals surface area (Å²) >= 11 is 0. The molecule has 4 atom stereocenters. The van der Waals surface area contributed by atoms with Crippen LogP contribution in [0.3, 0.4) is 0 Å². The molecule has 1 aromatic heterocycles. The van der Waals surface area contributed by atoms with Gasteiger partial charge in [-0.15, -0.1) is 0 Å². The molecule has 1 aliphatic rings. The van der Waals surface area contributed by atoms with Crippen molar-refractivity contribution in [2.45, 2.75) is 50.2 Å². The fourth-order valence-corrected chi connectivity index (χ4v) is 3.22. The van der Waals surface area contributed by atoms with E-state index in [2.05, 4.69) is 20.3 Å². The maximum Gasteiger partial charge on any atom is 0.330 e. The third kappa shape index (κ3) is 7.49. The highest BCUT2D eigenvalue weighted by atomic mass is 16.6. The van der Waals surface area contributed by atoms with Gasteiger partial charge >= 0.3 is 5.69 Å². The molecule has 172 valence electrons. The zero-order chi connectivity index (χ0) is 22.6. The summed E-state index contributed by atoms with van der Waals surface area (Å²) in [6.45, 7) is 0.804. The average Bonchev–Trinajstić information content (AvgIpc) is 3.03. The van der Waals surface area contributed by atoms with Crippen LogP contribution in [0.5, 0.6) is 0 Å². The van der Waals surface area contributed by atoms with Crippen LogP contribution >= 0.6 is 0 Å². The number of aromatic amines is 1. The number of carbonyl (C=O) groups excluding carboxylic acids is 1. The zero-order valence-electron chi connectivity index (χ0n) is 17.3. The predicted molar refractivity (Wildman–Crippen MR) is 108 cm³/mol. The van der Waals surface area contributed by atoms with Crippen LogP contribution in [0.15, 0.2) is 27.0 Å². The van der Waals surface area contributed by atoms with Crippen molar-refractivity contribution in [3.63, 3.8) is 0 Å². The Balaban J connectivity index is 1.84. The standard InChI is InChI=1S/C18H28N6O7/c1-29-11-12-15(27)16(17(31-12)24-9-6-14(26)22-18(24)28)30-10-8-20-13(25)5-3-2-4-7-21-23-19/h6,9,12,15-17,27H,2-5,7-8,10-11H2,1H3,(H,20,25)(H,22,26,28)/t12-,15+,16?,17-/m1/s1. The van der Waals surface area contributed by atoms with E-state index in [1.54, 1.807) is 0 Å². The third-order valence-electron chi connectivity index (χ3n) is 4.73. The molecule has 13 nitrogen and oxygen atoms in total. The Morgan fingerprint density at radius 1 is 1.42 bits per heavy atom. The van der Waals surface area contributed by atoms with E-state index in [4.69, 9.17) is 19.7 Å². The maximum absolute atomic E-state index is 12.1. The molecule has 1 amide bonds. The van der Waals surface area contributed by atoms with Gasteiger partial charge in [0, 0.05) is 43.8 Å². The van der Waals surface area contributed by atoms with Gasteiger partial charge in [0.15, 0.2) is 6.23 Å². The lowest BCUT2D eigenvalue weighted by Crippen LogP contribution is -2.40. The monoisotopic (exact) mass is 440 g/mol. The average molecular weight is 440 g/mol. The number of nitrogens with zero attached hydrogens (tertiary/aromatic N) is 4. The van der Waals surface area contributed by atoms with Crippen LogP contribution in [0.1, 0.15) is 31.9 Å². The quantitative estimate of drug-likeness (QED) is 0.164. The minimum atomic E-state index is -1.07. The second-order valence-corrected chi connectivity index (χ2v) is 6.98.